The Labute approximate surface area is 105 Å². The van der Waals surface area contributed by atoms with Crippen LogP contribution in [0.4, 0.5) is 0 Å². The quantitative estimate of drug-likeness (QED) is 0.577. The van der Waals surface area contributed by atoms with Crippen molar-refractivity contribution in [3.8, 4) is 0 Å². The first-order valence-electron chi connectivity index (χ1n) is 6.64. The van der Waals surface area contributed by atoms with E-state index in [9.17, 15) is 4.79 Å². The van der Waals surface area contributed by atoms with Gasteiger partial charge in [0.2, 0.25) is 0 Å². The van der Waals surface area contributed by atoms with Crippen LogP contribution in [0.5, 0.6) is 0 Å². The highest BCUT2D eigenvalue weighted by atomic mass is 16.4. The summed E-state index contributed by atoms with van der Waals surface area (Å²) < 4.78 is 0. The minimum Gasteiger partial charge on any atom is -0.480 e. The average Bonchev–Trinajstić information content (AvgIpc) is 2.32. The van der Waals surface area contributed by atoms with Gasteiger partial charge >= 0.3 is 5.97 Å². The second-order valence-electron chi connectivity index (χ2n) is 4.78. The van der Waals surface area contributed by atoms with Gasteiger partial charge in [0, 0.05) is 0 Å². The first-order valence-corrected chi connectivity index (χ1v) is 6.64. The molecule has 0 saturated heterocycles. The van der Waals surface area contributed by atoms with E-state index in [4.69, 9.17) is 5.11 Å². The number of aliphatic carboxylic acids is 1. The van der Waals surface area contributed by atoms with Gasteiger partial charge in [0.1, 0.15) is 5.54 Å². The number of nitrogens with one attached hydrogen (secondary N) is 1. The monoisotopic (exact) mass is 244 g/mol. The maximum absolute atomic E-state index is 11.1. The number of hydrogen-bond acceptors (Lipinski definition) is 3. The van der Waals surface area contributed by atoms with Crippen LogP contribution in [0.1, 0.15) is 46.5 Å². The Balaban J connectivity index is 3.86. The summed E-state index contributed by atoms with van der Waals surface area (Å²) in [5.74, 6) is -0.763. The molecule has 0 radical (unpaired) electrons. The number of carbonyl (C=O) groups is 1. The zero-order valence-electron chi connectivity index (χ0n) is 11.8. The van der Waals surface area contributed by atoms with Gasteiger partial charge in [-0.2, -0.15) is 0 Å². The van der Waals surface area contributed by atoms with Crippen molar-refractivity contribution in [1.29, 1.82) is 0 Å². The standard InChI is InChI=1S/C13H28N2O2/c1-5-10-15(6-2)11-8-7-9-13(3,14-4)12(16)17/h14H,5-11H2,1-4H3,(H,16,17). The lowest BCUT2D eigenvalue weighted by Gasteiger charge is -2.25. The molecule has 1 unspecified atom stereocenters. The fraction of sp³-hybridized carbons (Fsp3) is 0.923. The van der Waals surface area contributed by atoms with Crippen LogP contribution in [0.25, 0.3) is 0 Å². The molecule has 0 aliphatic rings. The van der Waals surface area contributed by atoms with Crippen LogP contribution in [-0.2, 0) is 4.79 Å². The number of nitrogens with zero attached hydrogens (tertiary/aromatic N) is 1. The molecular formula is C13H28N2O2. The molecule has 102 valence electrons. The molecule has 4 nitrogen and oxygen atoms in total. The largest absolute Gasteiger partial charge is 0.480 e. The summed E-state index contributed by atoms with van der Waals surface area (Å²) >= 11 is 0. The number of rotatable bonds is 10. The Morgan fingerprint density at radius 2 is 1.94 bits per heavy atom. The van der Waals surface area contributed by atoms with E-state index >= 15 is 0 Å². The van der Waals surface area contributed by atoms with E-state index < -0.39 is 11.5 Å². The second-order valence-corrected chi connectivity index (χ2v) is 4.78. The van der Waals surface area contributed by atoms with E-state index in [0.29, 0.717) is 6.42 Å². The summed E-state index contributed by atoms with van der Waals surface area (Å²) in [6.45, 7) is 9.40. The molecule has 0 aromatic rings. The van der Waals surface area contributed by atoms with Crippen molar-refractivity contribution >= 4 is 5.97 Å². The van der Waals surface area contributed by atoms with Crippen molar-refractivity contribution in [3.05, 3.63) is 0 Å². The molecular weight excluding hydrogens is 216 g/mol. The van der Waals surface area contributed by atoms with Gasteiger partial charge in [-0.05, 0) is 59.3 Å². The third kappa shape index (κ3) is 6.03. The van der Waals surface area contributed by atoms with Gasteiger partial charge in [-0.15, -0.1) is 0 Å². The van der Waals surface area contributed by atoms with Crippen molar-refractivity contribution in [2.24, 2.45) is 0 Å². The maximum atomic E-state index is 11.1. The van der Waals surface area contributed by atoms with Gasteiger partial charge in [-0.3, -0.25) is 4.79 Å². The van der Waals surface area contributed by atoms with Crippen molar-refractivity contribution in [2.45, 2.75) is 52.0 Å². The molecule has 0 aliphatic heterocycles. The minimum absolute atomic E-state index is 0.683. The summed E-state index contributed by atoms with van der Waals surface area (Å²) in [4.78, 5) is 13.5. The molecule has 1 atom stereocenters. The van der Waals surface area contributed by atoms with Gasteiger partial charge in [0.05, 0.1) is 0 Å². The summed E-state index contributed by atoms with van der Waals surface area (Å²) in [5, 5.41) is 12.0. The van der Waals surface area contributed by atoms with Crippen LogP contribution in [-0.4, -0.2) is 48.2 Å². The van der Waals surface area contributed by atoms with Crippen LogP contribution < -0.4 is 5.32 Å². The summed E-state index contributed by atoms with van der Waals surface area (Å²) in [6, 6.07) is 0. The molecule has 4 heteroatoms. The molecule has 0 rings (SSSR count). The van der Waals surface area contributed by atoms with Gasteiger partial charge in [-0.1, -0.05) is 13.8 Å². The maximum Gasteiger partial charge on any atom is 0.323 e. The summed E-state index contributed by atoms with van der Waals surface area (Å²) in [5.41, 5.74) is -0.776. The van der Waals surface area contributed by atoms with E-state index in [2.05, 4.69) is 24.1 Å². The lowest BCUT2D eigenvalue weighted by Crippen LogP contribution is -2.47. The number of hydrogen-bond donors (Lipinski definition) is 2. The molecule has 0 bridgehead atoms. The summed E-state index contributed by atoms with van der Waals surface area (Å²) in [7, 11) is 1.71. The highest BCUT2D eigenvalue weighted by Gasteiger charge is 2.30. The van der Waals surface area contributed by atoms with Crippen molar-refractivity contribution < 1.29 is 9.90 Å². The van der Waals surface area contributed by atoms with Gasteiger partial charge in [-0.25, -0.2) is 0 Å². The zero-order valence-corrected chi connectivity index (χ0v) is 11.8. The molecule has 17 heavy (non-hydrogen) atoms. The Bertz CT molecular complexity index is 221. The number of carboxylic acid groups (broad SMARTS) is 1. The Morgan fingerprint density at radius 3 is 2.35 bits per heavy atom. The number of carboxylic acids is 1. The molecule has 0 aromatic heterocycles. The highest BCUT2D eigenvalue weighted by molar-refractivity contribution is 5.78. The Morgan fingerprint density at radius 1 is 1.29 bits per heavy atom. The first kappa shape index (κ1) is 16.4. The van der Waals surface area contributed by atoms with Crippen LogP contribution in [0.15, 0.2) is 0 Å². The smallest absolute Gasteiger partial charge is 0.323 e. The molecule has 0 saturated carbocycles. The molecule has 0 aromatic carbocycles. The number of unbranched alkanes of at least 4 members (excludes halogenated alkanes) is 1. The predicted octanol–water partition coefficient (Wildman–Crippen LogP) is 1.95. The first-order chi connectivity index (χ1) is 8.00. The van der Waals surface area contributed by atoms with E-state index in [0.717, 1.165) is 32.5 Å². The van der Waals surface area contributed by atoms with E-state index in [1.54, 1.807) is 14.0 Å². The molecule has 0 aliphatic carbocycles. The highest BCUT2D eigenvalue weighted by Crippen LogP contribution is 2.14. The van der Waals surface area contributed by atoms with E-state index in [1.807, 2.05) is 0 Å². The van der Waals surface area contributed by atoms with Crippen molar-refractivity contribution in [2.75, 3.05) is 26.7 Å². The molecule has 0 spiro atoms. The van der Waals surface area contributed by atoms with Crippen molar-refractivity contribution in [1.82, 2.24) is 10.2 Å². The topological polar surface area (TPSA) is 52.6 Å². The normalized spacial score (nSPS) is 14.9. The van der Waals surface area contributed by atoms with Gasteiger partial charge < -0.3 is 15.3 Å². The van der Waals surface area contributed by atoms with E-state index in [1.165, 1.54) is 6.42 Å². The van der Waals surface area contributed by atoms with Crippen LogP contribution in [0, 0.1) is 0 Å². The lowest BCUT2D eigenvalue weighted by molar-refractivity contribution is -0.144. The molecule has 0 heterocycles. The van der Waals surface area contributed by atoms with E-state index in [-0.39, 0.29) is 0 Å². The zero-order chi connectivity index (χ0) is 13.3. The fourth-order valence-corrected chi connectivity index (χ4v) is 1.90. The molecule has 0 amide bonds. The SMILES string of the molecule is CCCN(CC)CCCCC(C)(NC)C(=O)O. The third-order valence-electron chi connectivity index (χ3n) is 3.41. The fourth-order valence-electron chi connectivity index (χ4n) is 1.90. The average molecular weight is 244 g/mol. The third-order valence-corrected chi connectivity index (χ3v) is 3.41. The van der Waals surface area contributed by atoms with Gasteiger partial charge in [0.25, 0.3) is 0 Å². The lowest BCUT2D eigenvalue weighted by atomic mass is 9.95. The van der Waals surface area contributed by atoms with Crippen molar-refractivity contribution in [3.63, 3.8) is 0 Å². The summed E-state index contributed by atoms with van der Waals surface area (Å²) in [6.07, 6.45) is 3.88. The predicted molar refractivity (Wildman–Crippen MR) is 71.4 cm³/mol. The Hall–Kier alpha value is -0.610. The Kier molecular flexibility index (Phi) is 8.17. The van der Waals surface area contributed by atoms with Crippen LogP contribution in [0.3, 0.4) is 0 Å². The molecule has 2 N–H and O–H groups in total. The van der Waals surface area contributed by atoms with Crippen LogP contribution in [0.2, 0.25) is 0 Å². The minimum atomic E-state index is -0.776. The number of likely N-dealkylation sites (N-methyl/N-ethyl adjacent to an activating group) is 1. The van der Waals surface area contributed by atoms with Gasteiger partial charge in [0.15, 0.2) is 0 Å². The van der Waals surface area contributed by atoms with Crippen LogP contribution >= 0.6 is 0 Å². The molecule has 0 fully saturated rings. The second kappa shape index (κ2) is 8.48.